The molecule has 0 aromatic rings. The second-order valence-electron chi connectivity index (χ2n) is 3.47. The third kappa shape index (κ3) is 2.31. The molecule has 0 fully saturated rings. The molecule has 13 heavy (non-hydrogen) atoms. The van der Waals surface area contributed by atoms with Crippen molar-refractivity contribution in [3.05, 3.63) is 22.3 Å². The molecule has 0 amide bonds. The quantitative estimate of drug-likeness (QED) is 0.746. The molecule has 74 valence electrons. The monoisotopic (exact) mass is 197 g/mol. The van der Waals surface area contributed by atoms with Crippen molar-refractivity contribution in [3.8, 4) is 0 Å². The van der Waals surface area contributed by atoms with Crippen molar-refractivity contribution in [2.75, 3.05) is 13.3 Å². The van der Waals surface area contributed by atoms with E-state index in [1.54, 1.807) is 5.57 Å². The first-order valence-electron chi connectivity index (χ1n) is 4.88. The highest BCUT2D eigenvalue weighted by Gasteiger charge is 2.17. The third-order valence-electron chi connectivity index (χ3n) is 2.69. The summed E-state index contributed by atoms with van der Waals surface area (Å²) in [4.78, 5) is 1.41. The Balaban J connectivity index is 2.92. The fourth-order valence-electron chi connectivity index (χ4n) is 1.79. The van der Waals surface area contributed by atoms with Crippen LogP contribution < -0.4 is 5.32 Å². The lowest BCUT2D eigenvalue weighted by Gasteiger charge is -2.24. The Labute approximate surface area is 85.7 Å². The first-order valence-corrected chi connectivity index (χ1v) is 6.10. The molecule has 1 aliphatic carbocycles. The lowest BCUT2D eigenvalue weighted by Crippen LogP contribution is -2.16. The van der Waals surface area contributed by atoms with E-state index in [1.807, 2.05) is 18.8 Å². The second-order valence-corrected chi connectivity index (χ2v) is 4.32. The zero-order valence-electron chi connectivity index (χ0n) is 8.98. The van der Waals surface area contributed by atoms with Gasteiger partial charge in [0.15, 0.2) is 0 Å². The highest BCUT2D eigenvalue weighted by Crippen LogP contribution is 2.33. The maximum absolute atomic E-state index is 3.29. The molecule has 0 bridgehead atoms. The van der Waals surface area contributed by atoms with Crippen LogP contribution in [0.15, 0.2) is 22.3 Å². The van der Waals surface area contributed by atoms with Gasteiger partial charge < -0.3 is 5.32 Å². The van der Waals surface area contributed by atoms with Crippen LogP contribution in [-0.2, 0) is 0 Å². The van der Waals surface area contributed by atoms with E-state index in [9.17, 15) is 0 Å². The Morgan fingerprint density at radius 1 is 1.62 bits per heavy atom. The molecule has 1 rings (SSSR count). The van der Waals surface area contributed by atoms with Crippen molar-refractivity contribution >= 4 is 11.8 Å². The highest BCUT2D eigenvalue weighted by atomic mass is 32.2. The first kappa shape index (κ1) is 10.7. The molecule has 1 nitrogen and oxygen atoms in total. The zero-order valence-corrected chi connectivity index (χ0v) is 9.79. The molecule has 1 aliphatic rings. The lowest BCUT2D eigenvalue weighted by molar-refractivity contribution is 0.613. The van der Waals surface area contributed by atoms with Crippen LogP contribution in [0.2, 0.25) is 0 Å². The minimum absolute atomic E-state index is 0.711. The maximum Gasteiger partial charge on any atom is 0.0258 e. The predicted octanol–water partition coefficient (Wildman–Crippen LogP) is 3.16. The van der Waals surface area contributed by atoms with Crippen LogP contribution in [0.5, 0.6) is 0 Å². The van der Waals surface area contributed by atoms with Gasteiger partial charge in [0, 0.05) is 17.6 Å². The number of nitrogens with one attached hydrogen (secondary N) is 1. The molecule has 0 saturated heterocycles. The number of hydrogen-bond acceptors (Lipinski definition) is 2. The summed E-state index contributed by atoms with van der Waals surface area (Å²) in [5, 5.41) is 3.29. The normalized spacial score (nSPS) is 23.1. The predicted molar refractivity (Wildman–Crippen MR) is 61.8 cm³/mol. The Hall–Kier alpha value is -0.370. The van der Waals surface area contributed by atoms with Gasteiger partial charge in [0.2, 0.25) is 0 Å². The van der Waals surface area contributed by atoms with Crippen molar-refractivity contribution < 1.29 is 0 Å². The number of hydrogen-bond donors (Lipinski definition) is 1. The van der Waals surface area contributed by atoms with Crippen LogP contribution >= 0.6 is 11.8 Å². The van der Waals surface area contributed by atoms with Gasteiger partial charge in [0.25, 0.3) is 0 Å². The Kier molecular flexibility index (Phi) is 3.91. The highest BCUT2D eigenvalue weighted by molar-refractivity contribution is 8.02. The van der Waals surface area contributed by atoms with Gasteiger partial charge in [-0.05, 0) is 31.1 Å². The molecule has 0 aromatic heterocycles. The summed E-state index contributed by atoms with van der Waals surface area (Å²) in [6.07, 6.45) is 6.85. The van der Waals surface area contributed by atoms with Gasteiger partial charge in [0.1, 0.15) is 0 Å². The number of thioether (sulfide) groups is 1. The van der Waals surface area contributed by atoms with Gasteiger partial charge in [-0.2, -0.15) is 0 Å². The van der Waals surface area contributed by atoms with Crippen LogP contribution in [0.1, 0.15) is 26.7 Å². The fraction of sp³-hybridized carbons (Fsp3) is 0.636. The molecule has 0 unspecified atom stereocenters. The van der Waals surface area contributed by atoms with Gasteiger partial charge in [-0.25, -0.2) is 0 Å². The summed E-state index contributed by atoms with van der Waals surface area (Å²) in [5.41, 5.74) is 2.99. The van der Waals surface area contributed by atoms with Crippen LogP contribution in [0.4, 0.5) is 0 Å². The van der Waals surface area contributed by atoms with Crippen molar-refractivity contribution in [2.24, 2.45) is 5.92 Å². The van der Waals surface area contributed by atoms with Gasteiger partial charge in [-0.15, -0.1) is 11.8 Å². The summed E-state index contributed by atoms with van der Waals surface area (Å²) < 4.78 is 0. The maximum atomic E-state index is 3.29. The minimum atomic E-state index is 0.711. The molecule has 0 heterocycles. The summed E-state index contributed by atoms with van der Waals surface area (Å²) in [6.45, 7) is 4.55. The van der Waals surface area contributed by atoms with Crippen LogP contribution in [0, 0.1) is 5.92 Å². The average molecular weight is 197 g/mol. The summed E-state index contributed by atoms with van der Waals surface area (Å²) in [5.74, 6) is 0.711. The van der Waals surface area contributed by atoms with E-state index in [1.165, 1.54) is 23.4 Å². The molecule has 1 atom stereocenters. The molecule has 0 aromatic carbocycles. The summed E-state index contributed by atoms with van der Waals surface area (Å²) in [7, 11) is 2.02. The third-order valence-corrected chi connectivity index (χ3v) is 3.49. The van der Waals surface area contributed by atoms with Crippen LogP contribution in [0.25, 0.3) is 0 Å². The van der Waals surface area contributed by atoms with Crippen LogP contribution in [0.3, 0.4) is 0 Å². The SMILES string of the molecule is CCC1=CC(SC)=C(NC)C[C@H]1C. The van der Waals surface area contributed by atoms with Crippen molar-refractivity contribution in [3.63, 3.8) is 0 Å². The van der Waals surface area contributed by atoms with E-state index in [2.05, 4.69) is 31.5 Å². The van der Waals surface area contributed by atoms with E-state index in [-0.39, 0.29) is 0 Å². The number of rotatable bonds is 3. The van der Waals surface area contributed by atoms with Gasteiger partial charge in [-0.3, -0.25) is 0 Å². The van der Waals surface area contributed by atoms with Crippen molar-refractivity contribution in [1.82, 2.24) is 5.32 Å². The van der Waals surface area contributed by atoms with Gasteiger partial charge in [-0.1, -0.05) is 19.4 Å². The second kappa shape index (κ2) is 4.75. The Morgan fingerprint density at radius 2 is 2.31 bits per heavy atom. The summed E-state index contributed by atoms with van der Waals surface area (Å²) >= 11 is 1.84. The van der Waals surface area contributed by atoms with Gasteiger partial charge in [0.05, 0.1) is 0 Å². The standard InChI is InChI=1S/C11H19NS/c1-5-9-7-11(13-4)10(12-3)6-8(9)2/h7-8,12H,5-6H2,1-4H3/t8-/m1/s1. The summed E-state index contributed by atoms with van der Waals surface area (Å²) in [6, 6.07) is 0. The molecule has 0 saturated carbocycles. The minimum Gasteiger partial charge on any atom is -0.391 e. The molecule has 1 N–H and O–H groups in total. The average Bonchev–Trinajstić information content (AvgIpc) is 2.17. The van der Waals surface area contributed by atoms with Crippen molar-refractivity contribution in [2.45, 2.75) is 26.7 Å². The van der Waals surface area contributed by atoms with E-state index in [4.69, 9.17) is 0 Å². The smallest absolute Gasteiger partial charge is 0.0258 e. The zero-order chi connectivity index (χ0) is 9.84. The van der Waals surface area contributed by atoms with E-state index in [0.29, 0.717) is 5.92 Å². The molecule has 2 heteroatoms. The van der Waals surface area contributed by atoms with E-state index < -0.39 is 0 Å². The first-order chi connectivity index (χ1) is 6.22. The largest absolute Gasteiger partial charge is 0.391 e. The van der Waals surface area contributed by atoms with Gasteiger partial charge >= 0.3 is 0 Å². The molecule has 0 aliphatic heterocycles. The molecule has 0 spiro atoms. The fourth-order valence-corrected chi connectivity index (χ4v) is 2.49. The molecular formula is C11H19NS. The van der Waals surface area contributed by atoms with Crippen LogP contribution in [-0.4, -0.2) is 13.3 Å². The van der Waals surface area contributed by atoms with Crippen molar-refractivity contribution in [1.29, 1.82) is 0 Å². The lowest BCUT2D eigenvalue weighted by atomic mass is 9.90. The molecular weight excluding hydrogens is 178 g/mol. The Morgan fingerprint density at radius 3 is 2.77 bits per heavy atom. The van der Waals surface area contributed by atoms with E-state index >= 15 is 0 Å². The number of allylic oxidation sites excluding steroid dienone is 3. The Bertz CT molecular complexity index is 240. The molecule has 0 radical (unpaired) electrons. The topological polar surface area (TPSA) is 12.0 Å². The van der Waals surface area contributed by atoms with E-state index in [0.717, 1.165) is 0 Å².